The van der Waals surface area contributed by atoms with Gasteiger partial charge >= 0.3 is 0 Å². The van der Waals surface area contributed by atoms with Gasteiger partial charge in [-0.05, 0) is 24.3 Å². The Bertz CT molecular complexity index is 1050. The zero-order valence-electron chi connectivity index (χ0n) is 15.8. The van der Waals surface area contributed by atoms with Crippen LogP contribution >= 0.6 is 11.3 Å². The van der Waals surface area contributed by atoms with Gasteiger partial charge in [0.15, 0.2) is 0 Å². The number of carbonyl (C=O) groups excluding carboxylic acids is 1. The van der Waals surface area contributed by atoms with Crippen molar-refractivity contribution >= 4 is 27.3 Å². The number of benzene rings is 2. The van der Waals surface area contributed by atoms with Crippen molar-refractivity contribution in [2.75, 3.05) is 20.3 Å². The summed E-state index contributed by atoms with van der Waals surface area (Å²) in [6.07, 6.45) is 0. The van der Waals surface area contributed by atoms with Crippen molar-refractivity contribution in [3.63, 3.8) is 0 Å². The molecule has 2 N–H and O–H groups in total. The maximum absolute atomic E-state index is 12.4. The van der Waals surface area contributed by atoms with Crippen LogP contribution in [-0.4, -0.2) is 39.6 Å². The fourth-order valence-electron chi connectivity index (χ4n) is 2.54. The monoisotopic (exact) mass is 431 g/mol. The van der Waals surface area contributed by atoms with Gasteiger partial charge in [-0.1, -0.05) is 30.3 Å². The number of thiazole rings is 1. The summed E-state index contributed by atoms with van der Waals surface area (Å²) >= 11 is 1.47. The second-order valence-electron chi connectivity index (χ2n) is 6.09. The molecule has 3 rings (SSSR count). The molecule has 7 nitrogen and oxygen atoms in total. The maximum atomic E-state index is 12.4. The van der Waals surface area contributed by atoms with Crippen LogP contribution in [-0.2, 0) is 21.3 Å². The maximum Gasteiger partial charge on any atom is 0.251 e. The summed E-state index contributed by atoms with van der Waals surface area (Å²) in [4.78, 5) is 17.0. The molecule has 0 saturated heterocycles. The fraction of sp³-hybridized carbons (Fsp3) is 0.200. The molecule has 152 valence electrons. The Balaban J connectivity index is 1.58. The predicted octanol–water partition coefficient (Wildman–Crippen LogP) is 2.66. The summed E-state index contributed by atoms with van der Waals surface area (Å²) in [5, 5.41) is 5.55. The minimum atomic E-state index is -3.62. The van der Waals surface area contributed by atoms with E-state index in [4.69, 9.17) is 4.74 Å². The van der Waals surface area contributed by atoms with Crippen molar-refractivity contribution in [3.05, 3.63) is 70.5 Å². The van der Waals surface area contributed by atoms with Gasteiger partial charge in [-0.3, -0.25) is 4.79 Å². The Labute approximate surface area is 173 Å². The van der Waals surface area contributed by atoms with E-state index in [0.717, 1.165) is 16.3 Å². The van der Waals surface area contributed by atoms with E-state index in [-0.39, 0.29) is 24.0 Å². The summed E-state index contributed by atoms with van der Waals surface area (Å²) in [6, 6.07) is 15.6. The number of sulfonamides is 1. The highest BCUT2D eigenvalue weighted by molar-refractivity contribution is 7.89. The number of nitrogens with one attached hydrogen (secondary N) is 2. The molecule has 0 unspecified atom stereocenters. The molecular weight excluding hydrogens is 410 g/mol. The largest absolute Gasteiger partial charge is 0.383 e. The zero-order chi connectivity index (χ0) is 20.7. The quantitative estimate of drug-likeness (QED) is 0.508. The van der Waals surface area contributed by atoms with Crippen LogP contribution in [0.5, 0.6) is 0 Å². The number of methoxy groups -OCH3 is 1. The van der Waals surface area contributed by atoms with Gasteiger partial charge in [-0.15, -0.1) is 11.3 Å². The van der Waals surface area contributed by atoms with Crippen molar-refractivity contribution in [1.29, 1.82) is 0 Å². The van der Waals surface area contributed by atoms with Crippen LogP contribution in [0.3, 0.4) is 0 Å². The number of carbonyl (C=O) groups is 1. The van der Waals surface area contributed by atoms with Gasteiger partial charge in [0.2, 0.25) is 10.0 Å². The predicted molar refractivity (Wildman–Crippen MR) is 112 cm³/mol. The van der Waals surface area contributed by atoms with E-state index in [1.807, 2.05) is 35.7 Å². The molecule has 0 atom stereocenters. The average molecular weight is 432 g/mol. The van der Waals surface area contributed by atoms with Gasteiger partial charge in [0, 0.05) is 30.2 Å². The molecule has 0 saturated carbocycles. The van der Waals surface area contributed by atoms with Crippen LogP contribution in [0, 0.1) is 0 Å². The third-order valence-corrected chi connectivity index (χ3v) is 6.37. The molecule has 0 radical (unpaired) electrons. The first kappa shape index (κ1) is 21.1. The van der Waals surface area contributed by atoms with Crippen molar-refractivity contribution < 1.29 is 17.9 Å². The molecule has 3 aromatic rings. The van der Waals surface area contributed by atoms with E-state index in [2.05, 4.69) is 15.0 Å². The van der Waals surface area contributed by atoms with Crippen molar-refractivity contribution in [1.82, 2.24) is 15.0 Å². The molecule has 0 bridgehead atoms. The lowest BCUT2D eigenvalue weighted by atomic mass is 10.2. The van der Waals surface area contributed by atoms with Gasteiger partial charge in [0.05, 0.1) is 23.7 Å². The lowest BCUT2D eigenvalue weighted by Crippen LogP contribution is -2.27. The zero-order valence-corrected chi connectivity index (χ0v) is 17.4. The van der Waals surface area contributed by atoms with Crippen LogP contribution in [0.1, 0.15) is 15.4 Å². The Kier molecular flexibility index (Phi) is 7.10. The van der Waals surface area contributed by atoms with E-state index in [0.29, 0.717) is 12.1 Å². The van der Waals surface area contributed by atoms with Gasteiger partial charge in [0.25, 0.3) is 5.91 Å². The molecule has 1 aromatic heterocycles. The fourth-order valence-corrected chi connectivity index (χ4v) is 4.29. The minimum Gasteiger partial charge on any atom is -0.383 e. The molecule has 0 aliphatic heterocycles. The Morgan fingerprint density at radius 1 is 1.10 bits per heavy atom. The SMILES string of the molecule is COCCNS(=O)(=O)c1ccc(C(=O)NCc2nc(-c3ccccc3)cs2)cc1. The van der Waals surface area contributed by atoms with Crippen LogP contribution in [0.15, 0.2) is 64.9 Å². The average Bonchev–Trinajstić information content (AvgIpc) is 3.22. The lowest BCUT2D eigenvalue weighted by molar-refractivity contribution is 0.0950. The second-order valence-corrected chi connectivity index (χ2v) is 8.80. The highest BCUT2D eigenvalue weighted by atomic mass is 32.2. The smallest absolute Gasteiger partial charge is 0.251 e. The molecular formula is C20H21N3O4S2. The van der Waals surface area contributed by atoms with Crippen molar-refractivity contribution in [3.8, 4) is 11.3 Å². The van der Waals surface area contributed by atoms with Crippen LogP contribution < -0.4 is 10.0 Å². The first-order valence-electron chi connectivity index (χ1n) is 8.86. The molecule has 0 spiro atoms. The summed E-state index contributed by atoms with van der Waals surface area (Å²) in [6.45, 7) is 0.761. The minimum absolute atomic E-state index is 0.0950. The van der Waals surface area contributed by atoms with Crippen molar-refractivity contribution in [2.24, 2.45) is 0 Å². The Hall–Kier alpha value is -2.59. The van der Waals surface area contributed by atoms with Crippen LogP contribution in [0.2, 0.25) is 0 Å². The van der Waals surface area contributed by atoms with E-state index in [1.165, 1.54) is 42.7 Å². The third kappa shape index (κ3) is 5.70. The summed E-state index contributed by atoms with van der Waals surface area (Å²) in [5.74, 6) is -0.294. The molecule has 0 fully saturated rings. The molecule has 9 heteroatoms. The van der Waals surface area contributed by atoms with E-state index in [1.54, 1.807) is 0 Å². The normalized spacial score (nSPS) is 11.3. The summed E-state index contributed by atoms with van der Waals surface area (Å²) in [5.41, 5.74) is 2.27. The Morgan fingerprint density at radius 2 is 1.83 bits per heavy atom. The highest BCUT2D eigenvalue weighted by Crippen LogP contribution is 2.21. The molecule has 2 aromatic carbocycles. The van der Waals surface area contributed by atoms with E-state index >= 15 is 0 Å². The summed E-state index contributed by atoms with van der Waals surface area (Å²) < 4.78 is 31.5. The van der Waals surface area contributed by atoms with Gasteiger partial charge < -0.3 is 10.1 Å². The van der Waals surface area contributed by atoms with Gasteiger partial charge in [-0.2, -0.15) is 0 Å². The first-order chi connectivity index (χ1) is 14.0. The Morgan fingerprint density at radius 3 is 2.52 bits per heavy atom. The van der Waals surface area contributed by atoms with Gasteiger partial charge in [-0.25, -0.2) is 18.1 Å². The molecule has 29 heavy (non-hydrogen) atoms. The van der Waals surface area contributed by atoms with Crippen LogP contribution in [0.25, 0.3) is 11.3 Å². The molecule has 1 heterocycles. The lowest BCUT2D eigenvalue weighted by Gasteiger charge is -2.07. The van der Waals surface area contributed by atoms with Crippen LogP contribution in [0.4, 0.5) is 0 Å². The number of hydrogen-bond acceptors (Lipinski definition) is 6. The highest BCUT2D eigenvalue weighted by Gasteiger charge is 2.14. The second kappa shape index (κ2) is 9.75. The standard InChI is InChI=1S/C20H21N3O4S2/c1-27-12-11-22-29(25,26)17-9-7-16(8-10-17)20(24)21-13-19-23-18(14-28-19)15-5-3-2-4-6-15/h2-10,14,22H,11-13H2,1H3,(H,21,24). The molecule has 0 aliphatic rings. The number of ether oxygens (including phenoxy) is 1. The number of aromatic nitrogens is 1. The summed E-state index contributed by atoms with van der Waals surface area (Å²) in [7, 11) is -2.13. The van der Waals surface area contributed by atoms with Crippen molar-refractivity contribution in [2.45, 2.75) is 11.4 Å². The number of hydrogen-bond donors (Lipinski definition) is 2. The van der Waals surface area contributed by atoms with E-state index in [9.17, 15) is 13.2 Å². The van der Waals surface area contributed by atoms with E-state index < -0.39 is 10.0 Å². The number of rotatable bonds is 9. The topological polar surface area (TPSA) is 97.4 Å². The number of amides is 1. The molecule has 0 aliphatic carbocycles. The van der Waals surface area contributed by atoms with Gasteiger partial charge in [0.1, 0.15) is 5.01 Å². The third-order valence-electron chi connectivity index (χ3n) is 4.05. The first-order valence-corrected chi connectivity index (χ1v) is 11.2. The number of nitrogens with zero attached hydrogens (tertiary/aromatic N) is 1. The molecule has 1 amide bonds.